The highest BCUT2D eigenvalue weighted by atomic mass is 32.1. The van der Waals surface area contributed by atoms with Gasteiger partial charge in [0.2, 0.25) is 0 Å². The van der Waals surface area contributed by atoms with Crippen LogP contribution in [0.25, 0.3) is 11.3 Å². The molecular weight excluding hydrogens is 274 g/mol. The van der Waals surface area contributed by atoms with Gasteiger partial charge in [-0.25, -0.2) is 4.98 Å². The Bertz CT molecular complexity index is 619. The van der Waals surface area contributed by atoms with Gasteiger partial charge in [-0.1, -0.05) is 26.0 Å². The molecule has 4 nitrogen and oxygen atoms in total. The van der Waals surface area contributed by atoms with E-state index in [1.807, 2.05) is 24.3 Å². The van der Waals surface area contributed by atoms with Crippen LogP contribution in [0, 0.1) is 0 Å². The van der Waals surface area contributed by atoms with E-state index in [-0.39, 0.29) is 12.3 Å². The summed E-state index contributed by atoms with van der Waals surface area (Å²) in [6.45, 7) is 4.11. The van der Waals surface area contributed by atoms with Crippen LogP contribution in [-0.4, -0.2) is 23.2 Å². The van der Waals surface area contributed by atoms with Gasteiger partial charge < -0.3 is 9.84 Å². The second-order valence-electron chi connectivity index (χ2n) is 4.78. The number of hydrogen-bond acceptors (Lipinski definition) is 4. The van der Waals surface area contributed by atoms with Crippen molar-refractivity contribution >= 4 is 17.3 Å². The summed E-state index contributed by atoms with van der Waals surface area (Å²) >= 11 is 1.47. The van der Waals surface area contributed by atoms with Crippen LogP contribution in [0.3, 0.4) is 0 Å². The van der Waals surface area contributed by atoms with E-state index in [1.165, 1.54) is 11.3 Å². The van der Waals surface area contributed by atoms with Crippen LogP contribution in [0.4, 0.5) is 0 Å². The molecule has 0 fully saturated rings. The number of methoxy groups -OCH3 is 1. The summed E-state index contributed by atoms with van der Waals surface area (Å²) in [5.41, 5.74) is 1.64. The lowest BCUT2D eigenvalue weighted by atomic mass is 10.1. The molecular formula is C15H17NO3S. The number of thiazole rings is 1. The summed E-state index contributed by atoms with van der Waals surface area (Å²) < 4.78 is 5.21. The first kappa shape index (κ1) is 14.5. The van der Waals surface area contributed by atoms with Gasteiger partial charge in [0.05, 0.1) is 24.2 Å². The summed E-state index contributed by atoms with van der Waals surface area (Å²) in [6.07, 6.45) is -0.00305. The molecule has 2 aromatic rings. The van der Waals surface area contributed by atoms with Gasteiger partial charge >= 0.3 is 5.97 Å². The summed E-state index contributed by atoms with van der Waals surface area (Å²) in [4.78, 5) is 16.4. The van der Waals surface area contributed by atoms with Crippen molar-refractivity contribution in [1.82, 2.24) is 4.98 Å². The van der Waals surface area contributed by atoms with E-state index in [4.69, 9.17) is 9.84 Å². The molecule has 0 amide bonds. The lowest BCUT2D eigenvalue weighted by Crippen LogP contribution is -1.99. The number of hydrogen-bond donors (Lipinski definition) is 1. The number of benzene rings is 1. The molecule has 106 valence electrons. The zero-order valence-electron chi connectivity index (χ0n) is 11.7. The molecule has 1 aromatic heterocycles. The van der Waals surface area contributed by atoms with E-state index < -0.39 is 5.97 Å². The molecule has 0 saturated carbocycles. The van der Waals surface area contributed by atoms with Crippen molar-refractivity contribution in [3.63, 3.8) is 0 Å². The monoisotopic (exact) mass is 291 g/mol. The Morgan fingerprint density at radius 3 is 2.80 bits per heavy atom. The maximum absolute atomic E-state index is 11.0. The van der Waals surface area contributed by atoms with E-state index in [2.05, 4.69) is 18.8 Å². The fourth-order valence-corrected chi connectivity index (χ4v) is 2.95. The molecule has 0 spiro atoms. The van der Waals surface area contributed by atoms with Crippen LogP contribution < -0.4 is 4.74 Å². The van der Waals surface area contributed by atoms with E-state index in [0.29, 0.717) is 0 Å². The van der Waals surface area contributed by atoms with Crippen LogP contribution >= 0.6 is 11.3 Å². The summed E-state index contributed by atoms with van der Waals surface area (Å²) in [5.74, 6) is 0.183. The van der Waals surface area contributed by atoms with Crippen LogP contribution in [0.15, 0.2) is 24.3 Å². The minimum absolute atomic E-state index is 0.00305. The second kappa shape index (κ2) is 6.05. The first-order valence-electron chi connectivity index (χ1n) is 6.37. The highest BCUT2D eigenvalue weighted by Crippen LogP contribution is 2.33. The summed E-state index contributed by atoms with van der Waals surface area (Å²) in [7, 11) is 1.61. The number of ether oxygens (including phenoxy) is 1. The minimum Gasteiger partial charge on any atom is -0.497 e. The zero-order chi connectivity index (χ0) is 14.7. The molecule has 20 heavy (non-hydrogen) atoms. The van der Waals surface area contributed by atoms with Crippen molar-refractivity contribution in [2.45, 2.75) is 26.2 Å². The number of carboxylic acids is 1. The van der Waals surface area contributed by atoms with Crippen molar-refractivity contribution < 1.29 is 14.6 Å². The molecule has 0 aliphatic rings. The molecule has 1 heterocycles. The van der Waals surface area contributed by atoms with E-state index >= 15 is 0 Å². The maximum atomic E-state index is 11.0. The number of rotatable bonds is 5. The Labute approximate surface area is 122 Å². The fourth-order valence-electron chi connectivity index (χ4n) is 1.87. The van der Waals surface area contributed by atoms with Crippen molar-refractivity contribution in [2.24, 2.45) is 0 Å². The molecule has 0 aliphatic carbocycles. The van der Waals surface area contributed by atoms with Crippen LogP contribution in [-0.2, 0) is 11.2 Å². The van der Waals surface area contributed by atoms with E-state index in [1.54, 1.807) is 7.11 Å². The quantitative estimate of drug-likeness (QED) is 0.915. The third-order valence-electron chi connectivity index (χ3n) is 2.86. The molecule has 0 atom stereocenters. The molecule has 0 saturated heterocycles. The van der Waals surface area contributed by atoms with Gasteiger partial charge in [0, 0.05) is 16.4 Å². The Morgan fingerprint density at radius 2 is 2.20 bits per heavy atom. The number of aromatic nitrogens is 1. The molecule has 0 bridgehead atoms. The van der Waals surface area contributed by atoms with Crippen LogP contribution in [0.2, 0.25) is 0 Å². The Kier molecular flexibility index (Phi) is 4.39. The molecule has 0 radical (unpaired) electrons. The van der Waals surface area contributed by atoms with Crippen molar-refractivity contribution in [3.05, 3.63) is 34.2 Å². The molecule has 0 unspecified atom stereocenters. The largest absolute Gasteiger partial charge is 0.497 e. The van der Waals surface area contributed by atoms with Crippen molar-refractivity contribution in [3.8, 4) is 17.0 Å². The van der Waals surface area contributed by atoms with Crippen molar-refractivity contribution in [1.29, 1.82) is 0 Å². The first-order chi connectivity index (χ1) is 9.51. The van der Waals surface area contributed by atoms with Crippen LogP contribution in [0.1, 0.15) is 29.7 Å². The highest BCUT2D eigenvalue weighted by Gasteiger charge is 2.17. The molecule has 1 aromatic carbocycles. The lowest BCUT2D eigenvalue weighted by Gasteiger charge is -2.04. The third kappa shape index (κ3) is 3.17. The highest BCUT2D eigenvalue weighted by molar-refractivity contribution is 7.12. The predicted molar refractivity (Wildman–Crippen MR) is 79.5 cm³/mol. The Hall–Kier alpha value is -1.88. The zero-order valence-corrected chi connectivity index (χ0v) is 12.5. The molecule has 5 heteroatoms. The fraction of sp³-hybridized carbons (Fsp3) is 0.333. The van der Waals surface area contributed by atoms with Gasteiger partial charge in [-0.2, -0.15) is 0 Å². The Balaban J connectivity index is 2.49. The molecule has 1 N–H and O–H groups in total. The average molecular weight is 291 g/mol. The predicted octanol–water partition coefficient (Wildman–Crippen LogP) is 3.57. The average Bonchev–Trinajstić information content (AvgIpc) is 2.82. The second-order valence-corrected chi connectivity index (χ2v) is 5.90. The summed E-state index contributed by atoms with van der Waals surface area (Å²) in [5, 5.41) is 10.00. The molecule has 2 rings (SSSR count). The Morgan fingerprint density at radius 1 is 1.45 bits per heavy atom. The van der Waals surface area contributed by atoms with Gasteiger partial charge in [-0.3, -0.25) is 4.79 Å². The van der Waals surface area contributed by atoms with Crippen LogP contribution in [0.5, 0.6) is 5.75 Å². The maximum Gasteiger partial charge on any atom is 0.308 e. The number of aliphatic carboxylic acids is 1. The normalized spacial score (nSPS) is 10.8. The van der Waals surface area contributed by atoms with Gasteiger partial charge in [0.15, 0.2) is 0 Å². The minimum atomic E-state index is -0.840. The third-order valence-corrected chi connectivity index (χ3v) is 4.22. The number of carbonyl (C=O) groups is 1. The van der Waals surface area contributed by atoms with Gasteiger partial charge in [0.25, 0.3) is 0 Å². The topological polar surface area (TPSA) is 59.4 Å². The van der Waals surface area contributed by atoms with E-state index in [9.17, 15) is 4.79 Å². The molecule has 0 aliphatic heterocycles. The van der Waals surface area contributed by atoms with Gasteiger partial charge in [-0.05, 0) is 12.1 Å². The smallest absolute Gasteiger partial charge is 0.308 e. The number of carboxylic acid groups (broad SMARTS) is 1. The van der Waals surface area contributed by atoms with Crippen molar-refractivity contribution in [2.75, 3.05) is 7.11 Å². The summed E-state index contributed by atoms with van der Waals surface area (Å²) in [6, 6.07) is 7.54. The van der Waals surface area contributed by atoms with E-state index in [0.717, 1.165) is 26.9 Å². The SMILES string of the molecule is COc1cccc(-c2nc(C(C)C)sc2CC(=O)O)c1. The standard InChI is InChI=1S/C15H17NO3S/c1-9(2)15-16-14(12(20-15)8-13(17)18)10-5-4-6-11(7-10)19-3/h4-7,9H,8H2,1-3H3,(H,17,18). The van der Waals surface area contributed by atoms with Gasteiger partial charge in [-0.15, -0.1) is 11.3 Å². The van der Waals surface area contributed by atoms with Gasteiger partial charge in [0.1, 0.15) is 5.75 Å². The lowest BCUT2D eigenvalue weighted by molar-refractivity contribution is -0.136. The number of nitrogens with zero attached hydrogens (tertiary/aromatic N) is 1. The first-order valence-corrected chi connectivity index (χ1v) is 7.18.